The van der Waals surface area contributed by atoms with Crippen LogP contribution in [0.15, 0.2) is 72.1 Å². The molecule has 7 heteroatoms. The fourth-order valence-electron chi connectivity index (χ4n) is 2.10. The zero-order valence-electron chi connectivity index (χ0n) is 12.8. The van der Waals surface area contributed by atoms with Crippen molar-refractivity contribution in [3.8, 4) is 0 Å². The van der Waals surface area contributed by atoms with Gasteiger partial charge in [0.25, 0.3) is 0 Å². The molecule has 0 aliphatic carbocycles. The lowest BCUT2D eigenvalue weighted by Gasteiger charge is -2.19. The molecule has 2 rings (SSSR count). The van der Waals surface area contributed by atoms with Crippen LogP contribution in [-0.4, -0.2) is 20.9 Å². The van der Waals surface area contributed by atoms with Crippen LogP contribution in [0.5, 0.6) is 0 Å². The number of halogens is 1. The van der Waals surface area contributed by atoms with Crippen molar-refractivity contribution < 1.29 is 13.2 Å². The highest BCUT2D eigenvalue weighted by molar-refractivity contribution is 7.89. The minimum Gasteiger partial charge on any atom is -0.344 e. The third-order valence-corrected chi connectivity index (χ3v) is 5.23. The van der Waals surface area contributed by atoms with Crippen molar-refractivity contribution in [2.24, 2.45) is 0 Å². The van der Waals surface area contributed by atoms with Gasteiger partial charge in [-0.25, -0.2) is 13.1 Å². The predicted molar refractivity (Wildman–Crippen MR) is 94.2 cm³/mol. The summed E-state index contributed by atoms with van der Waals surface area (Å²) in [6.45, 7) is 3.39. The smallest absolute Gasteiger partial charge is 0.243 e. The summed E-state index contributed by atoms with van der Waals surface area (Å²) in [6, 6.07) is 14.7. The van der Waals surface area contributed by atoms with Crippen LogP contribution in [0.25, 0.3) is 0 Å². The largest absolute Gasteiger partial charge is 0.344 e. The standard InChI is InChI=1S/C17H17ClN2O3S/c1-2-17(21)20-15(13-8-4-3-5-9-13)12-19-24(22,23)16-11-7-6-10-14(16)18/h2-11,15,19H,1,12H2,(H,20,21). The van der Waals surface area contributed by atoms with E-state index in [4.69, 9.17) is 11.6 Å². The Kier molecular flexibility index (Phi) is 6.14. The van der Waals surface area contributed by atoms with Crippen molar-refractivity contribution in [3.05, 3.63) is 77.8 Å². The molecule has 0 aliphatic heterocycles. The van der Waals surface area contributed by atoms with E-state index < -0.39 is 16.1 Å². The fraction of sp³-hybridized carbons (Fsp3) is 0.118. The molecule has 1 amide bonds. The molecule has 0 fully saturated rings. The third kappa shape index (κ3) is 4.67. The van der Waals surface area contributed by atoms with E-state index in [-0.39, 0.29) is 22.4 Å². The maximum absolute atomic E-state index is 12.4. The van der Waals surface area contributed by atoms with Crippen molar-refractivity contribution in [1.82, 2.24) is 10.0 Å². The average molecular weight is 365 g/mol. The van der Waals surface area contributed by atoms with E-state index >= 15 is 0 Å². The van der Waals surface area contributed by atoms with Gasteiger partial charge in [-0.1, -0.05) is 60.6 Å². The summed E-state index contributed by atoms with van der Waals surface area (Å²) in [5.74, 6) is -0.388. The molecule has 0 spiro atoms. The van der Waals surface area contributed by atoms with E-state index in [9.17, 15) is 13.2 Å². The number of sulfonamides is 1. The molecule has 1 atom stereocenters. The third-order valence-electron chi connectivity index (χ3n) is 3.31. The molecule has 24 heavy (non-hydrogen) atoms. The molecule has 5 nitrogen and oxygen atoms in total. The molecule has 1 unspecified atom stereocenters. The zero-order valence-corrected chi connectivity index (χ0v) is 14.3. The Balaban J connectivity index is 2.20. The summed E-state index contributed by atoms with van der Waals surface area (Å²) in [4.78, 5) is 11.6. The van der Waals surface area contributed by atoms with Crippen molar-refractivity contribution in [2.75, 3.05) is 6.54 Å². The molecule has 126 valence electrons. The number of nitrogens with one attached hydrogen (secondary N) is 2. The highest BCUT2D eigenvalue weighted by Gasteiger charge is 2.20. The lowest BCUT2D eigenvalue weighted by Crippen LogP contribution is -2.37. The first-order valence-corrected chi connectivity index (χ1v) is 9.02. The summed E-state index contributed by atoms with van der Waals surface area (Å²) in [5.41, 5.74) is 0.773. The summed E-state index contributed by atoms with van der Waals surface area (Å²) >= 11 is 5.95. The van der Waals surface area contributed by atoms with Crippen LogP contribution in [0.4, 0.5) is 0 Å². The van der Waals surface area contributed by atoms with Gasteiger partial charge in [0.2, 0.25) is 15.9 Å². The number of rotatable bonds is 7. The zero-order chi connectivity index (χ0) is 17.6. The number of carbonyl (C=O) groups is 1. The summed E-state index contributed by atoms with van der Waals surface area (Å²) in [6.07, 6.45) is 1.14. The second-order valence-electron chi connectivity index (χ2n) is 4.96. The first-order chi connectivity index (χ1) is 11.4. The predicted octanol–water partition coefficient (Wildman–Crippen LogP) is 2.66. The van der Waals surface area contributed by atoms with Crippen molar-refractivity contribution in [3.63, 3.8) is 0 Å². The van der Waals surface area contributed by atoms with Gasteiger partial charge in [-0.15, -0.1) is 0 Å². The monoisotopic (exact) mass is 364 g/mol. The Labute approximate surface area is 146 Å². The molecule has 0 aliphatic rings. The molecule has 2 aromatic carbocycles. The number of benzene rings is 2. The van der Waals surface area contributed by atoms with Crippen LogP contribution in [0, 0.1) is 0 Å². The van der Waals surface area contributed by atoms with E-state index in [1.807, 2.05) is 18.2 Å². The molecule has 0 heterocycles. The SMILES string of the molecule is C=CC(=O)NC(CNS(=O)(=O)c1ccccc1Cl)c1ccccc1. The van der Waals surface area contributed by atoms with Gasteiger partial charge in [0.15, 0.2) is 0 Å². The van der Waals surface area contributed by atoms with Gasteiger partial charge in [-0.2, -0.15) is 0 Å². The van der Waals surface area contributed by atoms with Crippen LogP contribution < -0.4 is 10.0 Å². The number of amides is 1. The molecule has 0 bridgehead atoms. The van der Waals surface area contributed by atoms with Crippen LogP contribution in [0.3, 0.4) is 0 Å². The number of carbonyl (C=O) groups excluding carboxylic acids is 1. The maximum Gasteiger partial charge on any atom is 0.243 e. The molecular weight excluding hydrogens is 348 g/mol. The van der Waals surface area contributed by atoms with Gasteiger partial charge in [0.1, 0.15) is 4.90 Å². The Morgan fingerprint density at radius 2 is 1.75 bits per heavy atom. The normalized spacial score (nSPS) is 12.4. The highest BCUT2D eigenvalue weighted by atomic mass is 35.5. The Morgan fingerprint density at radius 3 is 2.38 bits per heavy atom. The molecule has 2 N–H and O–H groups in total. The van der Waals surface area contributed by atoms with Crippen LogP contribution in [0.2, 0.25) is 5.02 Å². The number of hydrogen-bond donors (Lipinski definition) is 2. The number of hydrogen-bond acceptors (Lipinski definition) is 3. The van der Waals surface area contributed by atoms with Gasteiger partial charge in [-0.05, 0) is 23.8 Å². The van der Waals surface area contributed by atoms with Gasteiger partial charge < -0.3 is 5.32 Å². The van der Waals surface area contributed by atoms with E-state index in [1.165, 1.54) is 12.1 Å². The first kappa shape index (κ1) is 18.2. The highest BCUT2D eigenvalue weighted by Crippen LogP contribution is 2.21. The van der Waals surface area contributed by atoms with E-state index in [0.717, 1.165) is 11.6 Å². The molecule has 2 aromatic rings. The summed E-state index contributed by atoms with van der Waals surface area (Å²) in [7, 11) is -3.80. The molecule has 0 radical (unpaired) electrons. The topological polar surface area (TPSA) is 75.3 Å². The van der Waals surface area contributed by atoms with Crippen LogP contribution in [-0.2, 0) is 14.8 Å². The Hall–Kier alpha value is -2.15. The lowest BCUT2D eigenvalue weighted by atomic mass is 10.1. The fourth-order valence-corrected chi connectivity index (χ4v) is 3.67. The van der Waals surface area contributed by atoms with Crippen LogP contribution >= 0.6 is 11.6 Å². The van der Waals surface area contributed by atoms with Gasteiger partial charge in [-0.3, -0.25) is 4.79 Å². The minimum absolute atomic E-state index is 0.00599. The van der Waals surface area contributed by atoms with E-state index in [0.29, 0.717) is 0 Å². The second-order valence-corrected chi connectivity index (χ2v) is 7.10. The average Bonchev–Trinajstić information content (AvgIpc) is 2.59. The van der Waals surface area contributed by atoms with Crippen LogP contribution in [0.1, 0.15) is 11.6 Å². The van der Waals surface area contributed by atoms with Gasteiger partial charge in [0.05, 0.1) is 11.1 Å². The Bertz CT molecular complexity index is 823. The minimum atomic E-state index is -3.80. The summed E-state index contributed by atoms with van der Waals surface area (Å²) < 4.78 is 27.3. The van der Waals surface area contributed by atoms with E-state index in [1.54, 1.807) is 24.3 Å². The van der Waals surface area contributed by atoms with Gasteiger partial charge in [0, 0.05) is 6.54 Å². The van der Waals surface area contributed by atoms with E-state index in [2.05, 4.69) is 16.6 Å². The molecule has 0 saturated carbocycles. The summed E-state index contributed by atoms with van der Waals surface area (Å²) in [5, 5.41) is 2.84. The quantitative estimate of drug-likeness (QED) is 0.742. The maximum atomic E-state index is 12.4. The van der Waals surface area contributed by atoms with Crippen molar-refractivity contribution >= 4 is 27.5 Å². The molecular formula is C17H17ClN2O3S. The first-order valence-electron chi connectivity index (χ1n) is 7.16. The van der Waals surface area contributed by atoms with Crippen molar-refractivity contribution in [1.29, 1.82) is 0 Å². The van der Waals surface area contributed by atoms with Gasteiger partial charge >= 0.3 is 0 Å². The lowest BCUT2D eigenvalue weighted by molar-refractivity contribution is -0.117. The second kappa shape index (κ2) is 8.10. The Morgan fingerprint density at radius 1 is 1.12 bits per heavy atom. The van der Waals surface area contributed by atoms with Crippen molar-refractivity contribution in [2.45, 2.75) is 10.9 Å². The molecule has 0 saturated heterocycles. The molecule has 0 aromatic heterocycles.